The van der Waals surface area contributed by atoms with E-state index >= 15 is 0 Å². The minimum atomic E-state index is -4.76. The molecule has 1 aromatic carbocycles. The van der Waals surface area contributed by atoms with Gasteiger partial charge in [0.2, 0.25) is 0 Å². The molecule has 0 saturated carbocycles. The van der Waals surface area contributed by atoms with Crippen molar-refractivity contribution in [1.29, 1.82) is 0 Å². The van der Waals surface area contributed by atoms with Gasteiger partial charge in [-0.2, -0.15) is 13.2 Å². The van der Waals surface area contributed by atoms with Crippen LogP contribution in [0, 0.1) is 5.82 Å². The first kappa shape index (κ1) is 30.2. The second-order valence-corrected chi connectivity index (χ2v) is 8.52. The molecule has 0 aliphatic heterocycles. The summed E-state index contributed by atoms with van der Waals surface area (Å²) in [6.07, 6.45) is 4.96. The zero-order valence-electron chi connectivity index (χ0n) is 21.9. The maximum atomic E-state index is 14.6. The number of allylic oxidation sites excluding steroid dienone is 6. The molecule has 194 valence electrons. The highest BCUT2D eigenvalue weighted by atomic mass is 19.4. The Kier molecular flexibility index (Phi) is 12.5. The number of hydrogen-bond acceptors (Lipinski definition) is 3. The first-order valence-corrected chi connectivity index (χ1v) is 11.9. The van der Waals surface area contributed by atoms with Crippen LogP contribution in [0.2, 0.25) is 0 Å². The van der Waals surface area contributed by atoms with Gasteiger partial charge in [0.05, 0.1) is 12.7 Å². The SMILES string of the molecule is CCC/C=C(OC)/C(C)=C\C(=C(\N=C(C)C)NCc1cccc(C(F)(F)F)c1F)C(\C)=C\CCC. The predicted octanol–water partition coefficient (Wildman–Crippen LogP) is 8.65. The number of rotatable bonds is 12. The smallest absolute Gasteiger partial charge is 0.419 e. The number of alkyl halides is 3. The largest absolute Gasteiger partial charge is 0.497 e. The van der Waals surface area contributed by atoms with E-state index in [0.29, 0.717) is 5.82 Å². The molecule has 3 nitrogen and oxygen atoms in total. The quantitative estimate of drug-likeness (QED) is 0.137. The Morgan fingerprint density at radius 3 is 2.17 bits per heavy atom. The van der Waals surface area contributed by atoms with Crippen LogP contribution in [0.4, 0.5) is 17.6 Å². The second kappa shape index (κ2) is 14.5. The lowest BCUT2D eigenvalue weighted by Crippen LogP contribution is -2.18. The zero-order chi connectivity index (χ0) is 26.6. The van der Waals surface area contributed by atoms with E-state index in [-0.39, 0.29) is 12.1 Å². The van der Waals surface area contributed by atoms with E-state index in [9.17, 15) is 17.6 Å². The minimum Gasteiger partial charge on any atom is -0.497 e. The molecule has 0 saturated heterocycles. The molecule has 0 amide bonds. The topological polar surface area (TPSA) is 33.6 Å². The number of nitrogens with zero attached hydrogens (tertiary/aromatic N) is 1. The van der Waals surface area contributed by atoms with E-state index in [4.69, 9.17) is 4.74 Å². The van der Waals surface area contributed by atoms with E-state index in [0.717, 1.165) is 59.9 Å². The molecule has 0 aromatic heterocycles. The van der Waals surface area contributed by atoms with Crippen molar-refractivity contribution in [1.82, 2.24) is 5.32 Å². The van der Waals surface area contributed by atoms with Gasteiger partial charge in [-0.3, -0.25) is 0 Å². The fourth-order valence-electron chi connectivity index (χ4n) is 3.34. The molecule has 7 heteroatoms. The van der Waals surface area contributed by atoms with Gasteiger partial charge in [0, 0.05) is 23.4 Å². The number of ether oxygens (including phenoxy) is 1. The highest BCUT2D eigenvalue weighted by Gasteiger charge is 2.34. The molecule has 0 aliphatic carbocycles. The Morgan fingerprint density at radius 1 is 1.00 bits per heavy atom. The van der Waals surface area contributed by atoms with Crippen LogP contribution in [0.1, 0.15) is 78.4 Å². The Balaban J connectivity index is 3.62. The maximum absolute atomic E-state index is 14.6. The first-order chi connectivity index (χ1) is 16.5. The summed E-state index contributed by atoms with van der Waals surface area (Å²) in [5.41, 5.74) is 1.99. The molecular formula is C28H38F4N2O. The molecule has 0 spiro atoms. The molecule has 0 unspecified atom stereocenters. The average molecular weight is 495 g/mol. The first-order valence-electron chi connectivity index (χ1n) is 11.9. The third kappa shape index (κ3) is 9.74. The van der Waals surface area contributed by atoms with Crippen LogP contribution in [-0.2, 0) is 17.5 Å². The van der Waals surface area contributed by atoms with Crippen LogP contribution < -0.4 is 5.32 Å². The van der Waals surface area contributed by atoms with E-state index in [1.165, 1.54) is 12.1 Å². The summed E-state index contributed by atoms with van der Waals surface area (Å²) in [4.78, 5) is 4.62. The molecule has 1 N–H and O–H groups in total. The van der Waals surface area contributed by atoms with E-state index in [1.807, 2.05) is 39.8 Å². The second-order valence-electron chi connectivity index (χ2n) is 8.52. The van der Waals surface area contributed by atoms with Gasteiger partial charge in [-0.25, -0.2) is 9.38 Å². The molecule has 0 fully saturated rings. The van der Waals surface area contributed by atoms with Gasteiger partial charge in [-0.05, 0) is 69.9 Å². The number of benzene rings is 1. The standard InChI is InChI=1S/C28H38F4N2O/c1-8-10-13-20(5)23(17-21(6)25(35-7)16-11-9-2)27(34-19(3)4)33-18-22-14-12-15-24(26(22)29)28(30,31)32/h12-17,33H,8-11,18H2,1-7H3/b20-13+,21-17-,25-16-,27-23-. The number of halogens is 4. The van der Waals surface area contributed by atoms with Gasteiger partial charge >= 0.3 is 6.18 Å². The minimum absolute atomic E-state index is 0.0862. The zero-order valence-corrected chi connectivity index (χ0v) is 21.9. The number of unbranched alkanes of at least 4 members (excludes halogenated alkanes) is 2. The highest BCUT2D eigenvalue weighted by Crippen LogP contribution is 2.32. The van der Waals surface area contributed by atoms with Crippen LogP contribution >= 0.6 is 0 Å². The average Bonchev–Trinajstić information content (AvgIpc) is 2.78. The number of methoxy groups -OCH3 is 1. The summed E-state index contributed by atoms with van der Waals surface area (Å²) in [7, 11) is 1.62. The summed E-state index contributed by atoms with van der Waals surface area (Å²) in [6, 6.07) is 3.30. The lowest BCUT2D eigenvalue weighted by Gasteiger charge is -2.16. The third-order valence-corrected chi connectivity index (χ3v) is 5.17. The van der Waals surface area contributed by atoms with Crippen LogP contribution in [-0.4, -0.2) is 12.8 Å². The van der Waals surface area contributed by atoms with Gasteiger partial charge < -0.3 is 10.1 Å². The molecule has 0 bridgehead atoms. The molecule has 0 atom stereocenters. The highest BCUT2D eigenvalue weighted by molar-refractivity contribution is 5.80. The summed E-state index contributed by atoms with van der Waals surface area (Å²) in [5.74, 6) is -0.0789. The molecule has 0 aliphatic rings. The van der Waals surface area contributed by atoms with E-state index < -0.39 is 17.6 Å². The number of aliphatic imine (C=N–C) groups is 1. The molecule has 0 heterocycles. The van der Waals surface area contributed by atoms with Gasteiger partial charge in [0.1, 0.15) is 17.4 Å². The van der Waals surface area contributed by atoms with E-state index in [2.05, 4.69) is 30.2 Å². The monoisotopic (exact) mass is 494 g/mol. The Bertz CT molecular complexity index is 995. The van der Waals surface area contributed by atoms with Gasteiger partial charge in [-0.1, -0.05) is 44.9 Å². The fraction of sp³-hybridized carbons (Fsp3) is 0.464. The Morgan fingerprint density at radius 2 is 1.63 bits per heavy atom. The normalized spacial score (nSPS) is 14.0. The summed E-state index contributed by atoms with van der Waals surface area (Å²) in [5, 5.41) is 3.09. The fourth-order valence-corrected chi connectivity index (χ4v) is 3.34. The predicted molar refractivity (Wildman–Crippen MR) is 136 cm³/mol. The number of hydrogen-bond donors (Lipinski definition) is 1. The Labute approximate surface area is 207 Å². The van der Waals surface area contributed by atoms with Gasteiger partial charge in [0.25, 0.3) is 0 Å². The van der Waals surface area contributed by atoms with Crippen LogP contribution in [0.25, 0.3) is 0 Å². The lowest BCUT2D eigenvalue weighted by molar-refractivity contribution is -0.140. The van der Waals surface area contributed by atoms with Crippen molar-refractivity contribution in [3.63, 3.8) is 0 Å². The van der Waals surface area contributed by atoms with Crippen LogP contribution in [0.3, 0.4) is 0 Å². The molecule has 1 rings (SSSR count). The number of nitrogens with one attached hydrogen (secondary N) is 1. The molecular weight excluding hydrogens is 456 g/mol. The van der Waals surface area contributed by atoms with Crippen LogP contribution in [0.15, 0.2) is 69.7 Å². The lowest BCUT2D eigenvalue weighted by atomic mass is 10.0. The Hall–Kier alpha value is -2.83. The van der Waals surface area contributed by atoms with Crippen molar-refractivity contribution in [2.24, 2.45) is 4.99 Å². The van der Waals surface area contributed by atoms with Crippen molar-refractivity contribution < 1.29 is 22.3 Å². The van der Waals surface area contributed by atoms with Crippen molar-refractivity contribution >= 4 is 5.71 Å². The van der Waals surface area contributed by atoms with Gasteiger partial charge in [-0.15, -0.1) is 0 Å². The summed E-state index contributed by atoms with van der Waals surface area (Å²) < 4.78 is 59.7. The molecule has 1 aromatic rings. The molecule has 35 heavy (non-hydrogen) atoms. The van der Waals surface area contributed by atoms with Gasteiger partial charge in [0.15, 0.2) is 0 Å². The summed E-state index contributed by atoms with van der Waals surface area (Å²) in [6.45, 7) is 11.6. The third-order valence-electron chi connectivity index (χ3n) is 5.17. The summed E-state index contributed by atoms with van der Waals surface area (Å²) >= 11 is 0. The maximum Gasteiger partial charge on any atom is 0.419 e. The van der Waals surface area contributed by atoms with E-state index in [1.54, 1.807) is 7.11 Å². The van der Waals surface area contributed by atoms with Crippen molar-refractivity contribution in [3.05, 3.63) is 81.7 Å². The molecule has 0 radical (unpaired) electrons. The van der Waals surface area contributed by atoms with Crippen molar-refractivity contribution in [2.45, 2.75) is 79.9 Å². The van der Waals surface area contributed by atoms with Crippen molar-refractivity contribution in [2.75, 3.05) is 7.11 Å². The van der Waals surface area contributed by atoms with Crippen LogP contribution in [0.5, 0.6) is 0 Å². The van der Waals surface area contributed by atoms with Crippen molar-refractivity contribution in [3.8, 4) is 0 Å².